The van der Waals surface area contributed by atoms with Crippen molar-refractivity contribution in [3.8, 4) is 5.75 Å². The lowest BCUT2D eigenvalue weighted by molar-refractivity contribution is -0.133. The Bertz CT molecular complexity index is 880. The number of halogens is 3. The number of rotatable bonds is 6. The number of carbonyl (C=O) groups excluding carboxylic acids is 1. The molecule has 0 aromatic heterocycles. The second-order valence-corrected chi connectivity index (χ2v) is 8.09. The number of benzene rings is 2. The van der Waals surface area contributed by atoms with Gasteiger partial charge >= 0.3 is 6.61 Å². The highest BCUT2D eigenvalue weighted by Gasteiger charge is 2.46. The summed E-state index contributed by atoms with van der Waals surface area (Å²) in [5.74, 6) is -0.0232. The highest BCUT2D eigenvalue weighted by molar-refractivity contribution is 5.79. The van der Waals surface area contributed by atoms with Crippen molar-refractivity contribution in [2.45, 2.75) is 50.9 Å². The van der Waals surface area contributed by atoms with Crippen LogP contribution >= 0.6 is 0 Å². The van der Waals surface area contributed by atoms with E-state index in [-0.39, 0.29) is 23.0 Å². The first-order valence-corrected chi connectivity index (χ1v) is 10.3. The summed E-state index contributed by atoms with van der Waals surface area (Å²) < 4.78 is 43.1. The van der Waals surface area contributed by atoms with E-state index >= 15 is 0 Å². The molecular formula is C23H25F3N2O2. The molecule has 0 radical (unpaired) electrons. The molecule has 0 unspecified atom stereocenters. The van der Waals surface area contributed by atoms with E-state index in [2.05, 4.69) is 9.64 Å². The number of amides is 1. The van der Waals surface area contributed by atoms with Crippen molar-refractivity contribution < 1.29 is 22.7 Å². The molecule has 2 saturated heterocycles. The van der Waals surface area contributed by atoms with Gasteiger partial charge in [0, 0.05) is 43.7 Å². The van der Waals surface area contributed by atoms with E-state index in [1.54, 1.807) is 42.5 Å². The highest BCUT2D eigenvalue weighted by Crippen LogP contribution is 2.40. The van der Waals surface area contributed by atoms with Crippen LogP contribution in [0.3, 0.4) is 0 Å². The lowest BCUT2D eigenvalue weighted by atomic mass is 9.84. The van der Waals surface area contributed by atoms with Gasteiger partial charge in [-0.15, -0.1) is 0 Å². The molecule has 1 spiro atoms. The van der Waals surface area contributed by atoms with Gasteiger partial charge < -0.3 is 9.64 Å². The number of hydrogen-bond acceptors (Lipinski definition) is 3. The lowest BCUT2D eigenvalue weighted by Gasteiger charge is -2.45. The van der Waals surface area contributed by atoms with Crippen LogP contribution in [0.1, 0.15) is 36.8 Å². The first kappa shape index (κ1) is 20.7. The maximum atomic E-state index is 14.1. The molecule has 2 heterocycles. The summed E-state index contributed by atoms with van der Waals surface area (Å²) in [5, 5.41) is 0. The molecule has 2 fully saturated rings. The quantitative estimate of drug-likeness (QED) is 0.688. The molecule has 0 aliphatic carbocycles. The Morgan fingerprint density at radius 3 is 2.33 bits per heavy atom. The third kappa shape index (κ3) is 4.46. The number of nitrogens with zero attached hydrogens (tertiary/aromatic N) is 2. The lowest BCUT2D eigenvalue weighted by Crippen LogP contribution is -2.52. The first-order chi connectivity index (χ1) is 14.4. The Hall–Kier alpha value is -2.54. The van der Waals surface area contributed by atoms with Gasteiger partial charge in [-0.05, 0) is 43.0 Å². The summed E-state index contributed by atoms with van der Waals surface area (Å²) in [4.78, 5) is 16.8. The fourth-order valence-corrected chi connectivity index (χ4v) is 4.61. The van der Waals surface area contributed by atoms with E-state index in [1.807, 2.05) is 4.90 Å². The van der Waals surface area contributed by atoms with Gasteiger partial charge in [0.05, 0.1) is 0 Å². The van der Waals surface area contributed by atoms with Crippen LogP contribution in [0.5, 0.6) is 5.75 Å². The van der Waals surface area contributed by atoms with Crippen molar-refractivity contribution >= 4 is 5.91 Å². The number of likely N-dealkylation sites (tertiary alicyclic amines) is 2. The molecule has 0 atom stereocenters. The molecule has 1 amide bonds. The Kier molecular flexibility index (Phi) is 5.99. The maximum absolute atomic E-state index is 14.1. The van der Waals surface area contributed by atoms with Crippen molar-refractivity contribution in [3.63, 3.8) is 0 Å². The van der Waals surface area contributed by atoms with Crippen LogP contribution in [0.15, 0.2) is 48.5 Å². The number of ether oxygens (including phenoxy) is 1. The Morgan fingerprint density at radius 1 is 0.967 bits per heavy atom. The zero-order valence-electron chi connectivity index (χ0n) is 16.7. The van der Waals surface area contributed by atoms with Gasteiger partial charge in [-0.2, -0.15) is 8.78 Å². The third-order valence-electron chi connectivity index (χ3n) is 6.31. The average molecular weight is 418 g/mol. The molecule has 2 aromatic carbocycles. The van der Waals surface area contributed by atoms with Gasteiger partial charge in [0.1, 0.15) is 11.6 Å². The van der Waals surface area contributed by atoms with Gasteiger partial charge in [0.2, 0.25) is 5.91 Å². The van der Waals surface area contributed by atoms with Crippen LogP contribution in [0.25, 0.3) is 0 Å². The number of alkyl halides is 2. The van der Waals surface area contributed by atoms with Crippen molar-refractivity contribution in [2.24, 2.45) is 0 Å². The minimum absolute atomic E-state index is 0.0984. The standard InChI is InChI=1S/C23H25F3N2O2/c24-20-4-2-1-3-18(20)16-28-21(29)9-10-23(28)11-13-27(14-12-23)15-17-5-7-19(8-6-17)30-22(25)26/h1-8,22H,9-16H2. The molecule has 0 bridgehead atoms. The van der Waals surface area contributed by atoms with E-state index in [1.165, 1.54) is 6.07 Å². The zero-order chi connectivity index (χ0) is 21.1. The third-order valence-corrected chi connectivity index (χ3v) is 6.31. The minimum Gasteiger partial charge on any atom is -0.435 e. The van der Waals surface area contributed by atoms with Crippen LogP contribution in [-0.4, -0.2) is 40.9 Å². The normalized spacial score (nSPS) is 19.1. The monoisotopic (exact) mass is 418 g/mol. The summed E-state index contributed by atoms with van der Waals surface area (Å²) in [6.07, 6.45) is 3.02. The number of carbonyl (C=O) groups is 1. The largest absolute Gasteiger partial charge is 0.435 e. The molecule has 7 heteroatoms. The summed E-state index contributed by atoms with van der Waals surface area (Å²) >= 11 is 0. The van der Waals surface area contributed by atoms with E-state index in [9.17, 15) is 18.0 Å². The topological polar surface area (TPSA) is 32.8 Å². The fourth-order valence-electron chi connectivity index (χ4n) is 4.61. The van der Waals surface area contributed by atoms with E-state index in [4.69, 9.17) is 0 Å². The van der Waals surface area contributed by atoms with Gasteiger partial charge in [0.15, 0.2) is 0 Å². The summed E-state index contributed by atoms with van der Waals surface area (Å²) in [6.45, 7) is -0.133. The number of hydrogen-bond donors (Lipinski definition) is 0. The van der Waals surface area contributed by atoms with Gasteiger partial charge in [-0.1, -0.05) is 30.3 Å². The Morgan fingerprint density at radius 2 is 1.67 bits per heavy atom. The van der Waals surface area contributed by atoms with Crippen LogP contribution < -0.4 is 4.74 Å². The summed E-state index contributed by atoms with van der Waals surface area (Å²) in [6, 6.07) is 13.3. The molecule has 0 N–H and O–H groups in total. The van der Waals surface area contributed by atoms with Crippen molar-refractivity contribution in [1.82, 2.24) is 9.80 Å². The summed E-state index contributed by atoms with van der Waals surface area (Å²) in [7, 11) is 0. The van der Waals surface area contributed by atoms with E-state index in [0.29, 0.717) is 25.1 Å². The van der Waals surface area contributed by atoms with Gasteiger partial charge in [-0.3, -0.25) is 9.69 Å². The Balaban J connectivity index is 1.37. The molecule has 2 aromatic rings. The van der Waals surface area contributed by atoms with Crippen molar-refractivity contribution in [2.75, 3.05) is 13.1 Å². The summed E-state index contributed by atoms with van der Waals surface area (Å²) in [5.41, 5.74) is 1.38. The van der Waals surface area contributed by atoms with Crippen LogP contribution in [0.2, 0.25) is 0 Å². The molecular weight excluding hydrogens is 393 g/mol. The molecule has 160 valence electrons. The zero-order valence-corrected chi connectivity index (χ0v) is 16.7. The van der Waals surface area contributed by atoms with Gasteiger partial charge in [0.25, 0.3) is 0 Å². The molecule has 2 aliphatic rings. The predicted molar refractivity (Wildman–Crippen MR) is 107 cm³/mol. The minimum atomic E-state index is -2.82. The molecule has 2 aliphatic heterocycles. The van der Waals surface area contributed by atoms with Crippen molar-refractivity contribution in [1.29, 1.82) is 0 Å². The van der Waals surface area contributed by atoms with Crippen LogP contribution in [-0.2, 0) is 17.9 Å². The number of piperidine rings is 1. The SMILES string of the molecule is O=C1CCC2(CCN(Cc3ccc(OC(F)F)cc3)CC2)N1Cc1ccccc1F. The maximum Gasteiger partial charge on any atom is 0.387 e. The predicted octanol–water partition coefficient (Wildman–Crippen LogP) is 4.58. The van der Waals surface area contributed by atoms with Crippen molar-refractivity contribution in [3.05, 3.63) is 65.5 Å². The second-order valence-electron chi connectivity index (χ2n) is 8.09. The van der Waals surface area contributed by atoms with E-state index < -0.39 is 6.61 Å². The average Bonchev–Trinajstić information content (AvgIpc) is 3.02. The fraction of sp³-hybridized carbons (Fsp3) is 0.435. The molecule has 0 saturated carbocycles. The van der Waals surface area contributed by atoms with Crippen LogP contribution in [0, 0.1) is 5.82 Å². The smallest absolute Gasteiger partial charge is 0.387 e. The van der Waals surface area contributed by atoms with Gasteiger partial charge in [-0.25, -0.2) is 4.39 Å². The highest BCUT2D eigenvalue weighted by atomic mass is 19.3. The van der Waals surface area contributed by atoms with Crippen LogP contribution in [0.4, 0.5) is 13.2 Å². The Labute approximate surface area is 174 Å². The van der Waals surface area contributed by atoms with E-state index in [0.717, 1.165) is 37.9 Å². The molecule has 30 heavy (non-hydrogen) atoms. The molecule has 4 rings (SSSR count). The molecule has 4 nitrogen and oxygen atoms in total. The second kappa shape index (κ2) is 8.68. The first-order valence-electron chi connectivity index (χ1n) is 10.3.